The Labute approximate surface area is 69.7 Å². The molecular formula is C4H9BrCl2Si. The van der Waals surface area contributed by atoms with E-state index in [4.69, 9.17) is 23.2 Å². The number of rotatable bonds is 2. The van der Waals surface area contributed by atoms with Gasteiger partial charge in [-0.15, -0.1) is 23.2 Å². The van der Waals surface area contributed by atoms with Gasteiger partial charge in [-0.2, -0.15) is 0 Å². The van der Waals surface area contributed by atoms with Crippen LogP contribution in [0.3, 0.4) is 0 Å². The lowest BCUT2D eigenvalue weighted by Crippen LogP contribution is -2.36. The summed E-state index contributed by atoms with van der Waals surface area (Å²) in [4.78, 5) is 0.970. The van der Waals surface area contributed by atoms with Gasteiger partial charge in [0.25, 0.3) is 0 Å². The van der Waals surface area contributed by atoms with Crippen LogP contribution in [-0.4, -0.2) is 17.5 Å². The molecule has 0 aromatic carbocycles. The molecule has 0 saturated heterocycles. The fourth-order valence-corrected chi connectivity index (χ4v) is 2.73. The van der Waals surface area contributed by atoms with Crippen molar-refractivity contribution >= 4 is 47.2 Å². The SMILES string of the molecule is C[Si](C)(CBr)C(Cl)Cl. The molecule has 0 heterocycles. The van der Waals surface area contributed by atoms with E-state index in [1.807, 2.05) is 0 Å². The van der Waals surface area contributed by atoms with Crippen LogP contribution in [0.4, 0.5) is 0 Å². The van der Waals surface area contributed by atoms with Crippen molar-refractivity contribution in [2.24, 2.45) is 0 Å². The predicted molar refractivity (Wildman–Crippen MR) is 46.8 cm³/mol. The smallest absolute Gasteiger partial charge is 0.0979 e. The summed E-state index contributed by atoms with van der Waals surface area (Å²) in [6.07, 6.45) is 0. The molecule has 0 aromatic heterocycles. The summed E-state index contributed by atoms with van der Waals surface area (Å²) in [5.41, 5.74) is 0. The molecule has 0 rings (SSSR count). The first-order valence-electron chi connectivity index (χ1n) is 2.35. The van der Waals surface area contributed by atoms with Gasteiger partial charge in [0, 0.05) is 4.95 Å². The normalized spacial score (nSPS) is 12.8. The zero-order valence-corrected chi connectivity index (χ0v) is 9.02. The van der Waals surface area contributed by atoms with Crippen molar-refractivity contribution in [1.29, 1.82) is 0 Å². The minimum atomic E-state index is -1.31. The summed E-state index contributed by atoms with van der Waals surface area (Å²) in [5.74, 6) is 0. The predicted octanol–water partition coefficient (Wildman–Crippen LogP) is 2.97. The number of hydrogen-bond donors (Lipinski definition) is 0. The molecule has 0 aliphatic carbocycles. The maximum atomic E-state index is 5.67. The van der Waals surface area contributed by atoms with Crippen LogP contribution in [0.1, 0.15) is 0 Å². The van der Waals surface area contributed by atoms with E-state index in [1.165, 1.54) is 0 Å². The highest BCUT2D eigenvalue weighted by molar-refractivity contribution is 9.09. The third-order valence-electron chi connectivity index (χ3n) is 0.935. The molecule has 0 fully saturated rings. The Morgan fingerprint density at radius 3 is 1.88 bits per heavy atom. The van der Waals surface area contributed by atoms with Gasteiger partial charge in [0.05, 0.1) is 12.5 Å². The Balaban J connectivity index is 3.71. The molecule has 0 N–H and O–H groups in total. The Kier molecular flexibility index (Phi) is 4.00. The van der Waals surface area contributed by atoms with Crippen molar-refractivity contribution in [1.82, 2.24) is 0 Å². The molecule has 0 unspecified atom stereocenters. The van der Waals surface area contributed by atoms with E-state index in [-0.39, 0.29) is 4.46 Å². The molecule has 0 atom stereocenters. The zero-order valence-electron chi connectivity index (χ0n) is 4.92. The lowest BCUT2D eigenvalue weighted by Gasteiger charge is -2.19. The summed E-state index contributed by atoms with van der Waals surface area (Å²) in [6, 6.07) is 0. The molecule has 0 aliphatic rings. The van der Waals surface area contributed by atoms with Gasteiger partial charge in [-0.25, -0.2) is 0 Å². The molecule has 0 nitrogen and oxygen atoms in total. The number of halogens is 3. The highest BCUT2D eigenvalue weighted by atomic mass is 79.9. The van der Waals surface area contributed by atoms with E-state index in [2.05, 4.69) is 29.0 Å². The second kappa shape index (κ2) is 3.45. The second-order valence-electron chi connectivity index (χ2n) is 2.42. The average molecular weight is 236 g/mol. The second-order valence-corrected chi connectivity index (χ2v) is 10.8. The summed E-state index contributed by atoms with van der Waals surface area (Å²) in [5, 5.41) is 0. The molecule has 0 aliphatic heterocycles. The highest BCUT2D eigenvalue weighted by Crippen LogP contribution is 2.19. The van der Waals surface area contributed by atoms with Crippen LogP contribution in [0.2, 0.25) is 13.1 Å². The molecule has 0 saturated carbocycles. The number of hydrogen-bond acceptors (Lipinski definition) is 0. The molecule has 50 valence electrons. The van der Waals surface area contributed by atoms with Gasteiger partial charge >= 0.3 is 0 Å². The van der Waals surface area contributed by atoms with Crippen LogP contribution in [0.25, 0.3) is 0 Å². The third-order valence-corrected chi connectivity index (χ3v) is 10.7. The van der Waals surface area contributed by atoms with Gasteiger partial charge in [0.15, 0.2) is 0 Å². The minimum absolute atomic E-state index is 0.151. The van der Waals surface area contributed by atoms with Gasteiger partial charge in [-0.1, -0.05) is 29.0 Å². The molecule has 0 spiro atoms. The van der Waals surface area contributed by atoms with Gasteiger partial charge < -0.3 is 0 Å². The summed E-state index contributed by atoms with van der Waals surface area (Å²) in [6.45, 7) is 4.29. The Morgan fingerprint density at radius 1 is 1.50 bits per heavy atom. The standard InChI is InChI=1S/C4H9BrCl2Si/c1-8(2,3-5)4(6)7/h4H,3H2,1-2H3. The van der Waals surface area contributed by atoms with E-state index in [0.717, 1.165) is 4.95 Å². The van der Waals surface area contributed by atoms with Gasteiger partial charge in [0.1, 0.15) is 0 Å². The average Bonchev–Trinajstić information content (AvgIpc) is 1.67. The molecule has 0 amide bonds. The van der Waals surface area contributed by atoms with Crippen LogP contribution in [-0.2, 0) is 0 Å². The Hall–Kier alpha value is 1.28. The van der Waals surface area contributed by atoms with Crippen molar-refractivity contribution in [2.45, 2.75) is 17.6 Å². The van der Waals surface area contributed by atoms with E-state index in [1.54, 1.807) is 0 Å². The maximum Gasteiger partial charge on any atom is 0.0979 e. The molecular weight excluding hydrogens is 227 g/mol. The largest absolute Gasteiger partial charge is 0.109 e. The highest BCUT2D eigenvalue weighted by Gasteiger charge is 2.26. The van der Waals surface area contributed by atoms with Crippen LogP contribution in [0.5, 0.6) is 0 Å². The van der Waals surface area contributed by atoms with Crippen LogP contribution in [0.15, 0.2) is 0 Å². The Bertz CT molecular complexity index is 74.4. The van der Waals surface area contributed by atoms with Crippen molar-refractivity contribution < 1.29 is 0 Å². The first-order valence-corrected chi connectivity index (χ1v) is 7.62. The van der Waals surface area contributed by atoms with Crippen LogP contribution >= 0.6 is 39.1 Å². The van der Waals surface area contributed by atoms with Crippen molar-refractivity contribution in [3.63, 3.8) is 0 Å². The van der Waals surface area contributed by atoms with Crippen molar-refractivity contribution in [3.8, 4) is 0 Å². The summed E-state index contributed by atoms with van der Waals surface area (Å²) < 4.78 is -0.151. The topological polar surface area (TPSA) is 0 Å². The lowest BCUT2D eigenvalue weighted by atomic mass is 11.7. The minimum Gasteiger partial charge on any atom is -0.109 e. The number of alkyl halides is 3. The fraction of sp³-hybridized carbons (Fsp3) is 1.00. The lowest BCUT2D eigenvalue weighted by molar-refractivity contribution is 1.57. The molecule has 0 aromatic rings. The quantitative estimate of drug-likeness (QED) is 0.510. The zero-order chi connectivity index (χ0) is 6.78. The summed E-state index contributed by atoms with van der Waals surface area (Å²) >= 11 is 14.7. The third kappa shape index (κ3) is 2.71. The maximum absolute atomic E-state index is 5.67. The van der Waals surface area contributed by atoms with E-state index < -0.39 is 8.07 Å². The monoisotopic (exact) mass is 234 g/mol. The van der Waals surface area contributed by atoms with Gasteiger partial charge in [-0.3, -0.25) is 0 Å². The van der Waals surface area contributed by atoms with E-state index in [0.29, 0.717) is 0 Å². The summed E-state index contributed by atoms with van der Waals surface area (Å²) in [7, 11) is -1.31. The van der Waals surface area contributed by atoms with Crippen molar-refractivity contribution in [2.75, 3.05) is 4.95 Å². The van der Waals surface area contributed by atoms with Crippen molar-refractivity contribution in [3.05, 3.63) is 0 Å². The van der Waals surface area contributed by atoms with Crippen LogP contribution < -0.4 is 0 Å². The van der Waals surface area contributed by atoms with Crippen LogP contribution in [0, 0.1) is 0 Å². The molecule has 4 heteroatoms. The van der Waals surface area contributed by atoms with Gasteiger partial charge in [0.2, 0.25) is 0 Å². The first kappa shape index (κ1) is 9.28. The van der Waals surface area contributed by atoms with Gasteiger partial charge in [-0.05, 0) is 0 Å². The molecule has 0 radical (unpaired) electrons. The fourth-order valence-electron chi connectivity index (χ4n) is 0.0583. The molecule has 8 heavy (non-hydrogen) atoms. The molecule has 0 bridgehead atoms. The first-order chi connectivity index (χ1) is 3.50. The van der Waals surface area contributed by atoms with E-state index in [9.17, 15) is 0 Å². The van der Waals surface area contributed by atoms with E-state index >= 15 is 0 Å². The Morgan fingerprint density at radius 2 is 1.88 bits per heavy atom.